The van der Waals surface area contributed by atoms with Crippen molar-refractivity contribution in [2.45, 2.75) is 52.1 Å². The lowest BCUT2D eigenvalue weighted by Crippen LogP contribution is -2.58. The first-order valence-corrected chi connectivity index (χ1v) is 6.79. The minimum atomic E-state index is -0.772. The van der Waals surface area contributed by atoms with Gasteiger partial charge in [0.15, 0.2) is 0 Å². The Morgan fingerprint density at radius 2 is 2.00 bits per heavy atom. The summed E-state index contributed by atoms with van der Waals surface area (Å²) in [6.07, 6.45) is 3.61. The fourth-order valence-corrected chi connectivity index (χ4v) is 3.78. The Kier molecular flexibility index (Phi) is 3.19. The molecule has 2 heteroatoms. The van der Waals surface area contributed by atoms with Crippen molar-refractivity contribution >= 4 is 5.78 Å². The van der Waals surface area contributed by atoms with Gasteiger partial charge < -0.3 is 5.11 Å². The van der Waals surface area contributed by atoms with E-state index in [1.807, 2.05) is 13.8 Å². The molecule has 2 rings (SSSR count). The number of carbonyl (C=O) groups is 1. The van der Waals surface area contributed by atoms with E-state index in [0.717, 1.165) is 31.3 Å². The van der Waals surface area contributed by atoms with E-state index in [0.29, 0.717) is 0 Å². The molecule has 17 heavy (non-hydrogen) atoms. The molecule has 2 aliphatic carbocycles. The van der Waals surface area contributed by atoms with Crippen molar-refractivity contribution in [3.8, 4) is 0 Å². The fraction of sp³-hybridized carbons (Fsp3) is 0.800. The van der Waals surface area contributed by atoms with Crippen LogP contribution in [-0.2, 0) is 4.79 Å². The molecule has 0 aromatic carbocycles. The van der Waals surface area contributed by atoms with Gasteiger partial charge in [0.25, 0.3) is 0 Å². The molecule has 2 saturated carbocycles. The molecule has 0 amide bonds. The molecule has 0 aromatic heterocycles. The summed E-state index contributed by atoms with van der Waals surface area (Å²) in [5.41, 5.74) is 0.286. The number of ketones is 1. The van der Waals surface area contributed by atoms with Crippen LogP contribution >= 0.6 is 0 Å². The average Bonchev–Trinajstić information content (AvgIpc) is 2.26. The molecule has 0 spiro atoms. The normalized spacial score (nSPS) is 46.5. The monoisotopic (exact) mass is 236 g/mol. The Balaban J connectivity index is 2.38. The topological polar surface area (TPSA) is 37.3 Å². The number of aliphatic hydroxyl groups is 1. The predicted octanol–water partition coefficient (Wildman–Crippen LogP) is 2.95. The van der Waals surface area contributed by atoms with Crippen LogP contribution < -0.4 is 0 Å². The van der Waals surface area contributed by atoms with Crippen LogP contribution in [0.15, 0.2) is 12.2 Å². The van der Waals surface area contributed by atoms with E-state index < -0.39 is 5.60 Å². The summed E-state index contributed by atoms with van der Waals surface area (Å²) in [5.74, 6) is 0.587. The summed E-state index contributed by atoms with van der Waals surface area (Å²) >= 11 is 0. The number of hydrogen-bond acceptors (Lipinski definition) is 2. The molecular formula is C15H24O2. The van der Waals surface area contributed by atoms with E-state index in [9.17, 15) is 9.90 Å². The van der Waals surface area contributed by atoms with Gasteiger partial charge in [0.2, 0.25) is 0 Å². The second kappa shape index (κ2) is 4.24. The molecule has 5 atom stereocenters. The highest BCUT2D eigenvalue weighted by atomic mass is 16.3. The first-order chi connectivity index (χ1) is 7.88. The van der Waals surface area contributed by atoms with E-state index in [2.05, 4.69) is 13.5 Å². The molecular weight excluding hydrogens is 212 g/mol. The Bertz CT molecular complexity index is 347. The third-order valence-corrected chi connectivity index (χ3v) is 5.11. The summed E-state index contributed by atoms with van der Waals surface area (Å²) in [6.45, 7) is 10.1. The molecule has 0 saturated heterocycles. The van der Waals surface area contributed by atoms with Gasteiger partial charge in [0.1, 0.15) is 5.78 Å². The average molecular weight is 236 g/mol. The van der Waals surface area contributed by atoms with Crippen LogP contribution in [0.3, 0.4) is 0 Å². The van der Waals surface area contributed by atoms with Crippen molar-refractivity contribution in [1.29, 1.82) is 0 Å². The highest BCUT2D eigenvalue weighted by Crippen LogP contribution is 2.50. The van der Waals surface area contributed by atoms with E-state index in [4.69, 9.17) is 0 Å². The Labute approximate surface area is 104 Å². The number of carbonyl (C=O) groups excluding carboxylic acids is 1. The van der Waals surface area contributed by atoms with Crippen molar-refractivity contribution in [3.05, 3.63) is 12.2 Å². The number of rotatable bonds is 1. The molecule has 0 bridgehead atoms. The minimum Gasteiger partial charge on any atom is -0.389 e. The summed E-state index contributed by atoms with van der Waals surface area (Å²) in [5, 5.41) is 10.9. The fourth-order valence-electron chi connectivity index (χ4n) is 3.78. The Hall–Kier alpha value is -0.630. The maximum Gasteiger partial charge on any atom is 0.142 e. The first-order valence-electron chi connectivity index (χ1n) is 6.79. The molecule has 0 aliphatic heterocycles. The molecule has 96 valence electrons. The maximum atomic E-state index is 12.4. The lowest BCUT2D eigenvalue weighted by Gasteiger charge is -2.52. The van der Waals surface area contributed by atoms with Crippen molar-refractivity contribution in [2.75, 3.05) is 0 Å². The first kappa shape index (κ1) is 12.8. The summed E-state index contributed by atoms with van der Waals surface area (Å²) < 4.78 is 0. The quantitative estimate of drug-likeness (QED) is 0.711. The second-order valence-electron chi connectivity index (χ2n) is 6.24. The zero-order valence-electron chi connectivity index (χ0n) is 11.2. The highest BCUT2D eigenvalue weighted by molar-refractivity contribution is 5.86. The van der Waals surface area contributed by atoms with Crippen LogP contribution in [0.2, 0.25) is 0 Å². The molecule has 2 fully saturated rings. The predicted molar refractivity (Wildman–Crippen MR) is 68.5 cm³/mol. The maximum absolute atomic E-state index is 12.4. The van der Waals surface area contributed by atoms with Gasteiger partial charge in [0, 0.05) is 5.92 Å². The van der Waals surface area contributed by atoms with Crippen LogP contribution in [0, 0.1) is 23.7 Å². The highest BCUT2D eigenvalue weighted by Gasteiger charge is 2.55. The largest absolute Gasteiger partial charge is 0.389 e. The third-order valence-electron chi connectivity index (χ3n) is 5.11. The van der Waals surface area contributed by atoms with Crippen LogP contribution in [0.25, 0.3) is 0 Å². The Morgan fingerprint density at radius 3 is 2.59 bits per heavy atom. The van der Waals surface area contributed by atoms with Crippen molar-refractivity contribution in [2.24, 2.45) is 23.7 Å². The summed E-state index contributed by atoms with van der Waals surface area (Å²) in [4.78, 5) is 12.4. The molecule has 0 aromatic rings. The SMILES string of the molecule is C=C(C)[C@H]1CC[C@@H](C)[C@]2(O)CC[C@@H](C)C(=O)[C@H]12. The van der Waals surface area contributed by atoms with E-state index >= 15 is 0 Å². The molecule has 0 heterocycles. The van der Waals surface area contributed by atoms with Gasteiger partial charge >= 0.3 is 0 Å². The van der Waals surface area contributed by atoms with Crippen LogP contribution in [0.5, 0.6) is 0 Å². The molecule has 2 aliphatic rings. The molecule has 0 radical (unpaired) electrons. The second-order valence-corrected chi connectivity index (χ2v) is 6.24. The molecule has 0 unspecified atom stereocenters. The third kappa shape index (κ3) is 1.87. The van der Waals surface area contributed by atoms with Crippen LogP contribution in [0.4, 0.5) is 0 Å². The minimum absolute atomic E-state index is 0.104. The van der Waals surface area contributed by atoms with Crippen molar-refractivity contribution < 1.29 is 9.90 Å². The standard InChI is InChI=1S/C15H24O2/c1-9(2)12-6-5-11(4)15(17)8-7-10(3)14(16)13(12)15/h10-13,17H,1,5-8H2,2-4H3/t10-,11-,12-,13+,15-/m1/s1. The van der Waals surface area contributed by atoms with Gasteiger partial charge in [-0.25, -0.2) is 0 Å². The lowest BCUT2D eigenvalue weighted by molar-refractivity contribution is -0.164. The van der Waals surface area contributed by atoms with Gasteiger partial charge in [-0.05, 0) is 44.4 Å². The summed E-state index contributed by atoms with van der Waals surface area (Å²) in [6, 6.07) is 0. The Morgan fingerprint density at radius 1 is 1.35 bits per heavy atom. The molecule has 1 N–H and O–H groups in total. The van der Waals surface area contributed by atoms with Crippen molar-refractivity contribution in [1.82, 2.24) is 0 Å². The zero-order chi connectivity index (χ0) is 12.8. The van der Waals surface area contributed by atoms with E-state index in [1.165, 1.54) is 0 Å². The van der Waals surface area contributed by atoms with Gasteiger partial charge in [0.05, 0.1) is 11.5 Å². The van der Waals surface area contributed by atoms with Gasteiger partial charge in [-0.1, -0.05) is 26.0 Å². The molecule has 2 nitrogen and oxygen atoms in total. The number of allylic oxidation sites excluding steroid dienone is 1. The number of Topliss-reactive ketones (excluding diaryl/α,β-unsaturated/α-hetero) is 1. The lowest BCUT2D eigenvalue weighted by atomic mass is 9.55. The van der Waals surface area contributed by atoms with Crippen LogP contribution in [-0.4, -0.2) is 16.5 Å². The van der Waals surface area contributed by atoms with Gasteiger partial charge in [-0.3, -0.25) is 4.79 Å². The number of hydrogen-bond donors (Lipinski definition) is 1. The smallest absolute Gasteiger partial charge is 0.142 e. The van der Waals surface area contributed by atoms with Gasteiger partial charge in [-0.2, -0.15) is 0 Å². The van der Waals surface area contributed by atoms with Crippen LogP contribution in [0.1, 0.15) is 46.5 Å². The van der Waals surface area contributed by atoms with E-state index in [1.54, 1.807) is 0 Å². The van der Waals surface area contributed by atoms with E-state index in [-0.39, 0.29) is 29.5 Å². The summed E-state index contributed by atoms with van der Waals surface area (Å²) in [7, 11) is 0. The van der Waals surface area contributed by atoms with Crippen molar-refractivity contribution in [3.63, 3.8) is 0 Å². The number of fused-ring (bicyclic) bond motifs is 1. The zero-order valence-corrected chi connectivity index (χ0v) is 11.2. The van der Waals surface area contributed by atoms with Gasteiger partial charge in [-0.15, -0.1) is 0 Å².